The minimum atomic E-state index is -0.178. The molecule has 0 saturated heterocycles. The van der Waals surface area contributed by atoms with Crippen LogP contribution in [0.2, 0.25) is 0 Å². The van der Waals surface area contributed by atoms with Gasteiger partial charge in [-0.15, -0.1) is 11.3 Å². The fraction of sp³-hybridized carbons (Fsp3) is 0.0577. The number of hydrogen-bond donors (Lipinski definition) is 0. The fourth-order valence-corrected chi connectivity index (χ4v) is 10.1. The third kappa shape index (κ3) is 5.62. The van der Waals surface area contributed by atoms with E-state index in [2.05, 4.69) is 181 Å². The lowest BCUT2D eigenvalue weighted by Gasteiger charge is -2.35. The van der Waals surface area contributed by atoms with Crippen LogP contribution >= 0.6 is 11.3 Å². The van der Waals surface area contributed by atoms with Crippen molar-refractivity contribution in [2.24, 2.45) is 0 Å². The molecule has 4 nitrogen and oxygen atoms in total. The summed E-state index contributed by atoms with van der Waals surface area (Å²) in [5.74, 6) is 1.94. The van der Waals surface area contributed by atoms with E-state index in [4.69, 9.17) is 15.0 Å². The molecule has 1 unspecified atom stereocenters. The molecule has 10 aromatic rings. The second-order valence-electron chi connectivity index (χ2n) is 15.1. The van der Waals surface area contributed by atoms with E-state index < -0.39 is 0 Å². The first-order chi connectivity index (χ1) is 28.1. The van der Waals surface area contributed by atoms with Gasteiger partial charge in [0.2, 0.25) is 0 Å². The van der Waals surface area contributed by atoms with Gasteiger partial charge in [-0.1, -0.05) is 159 Å². The molecule has 1 aliphatic carbocycles. The van der Waals surface area contributed by atoms with Gasteiger partial charge >= 0.3 is 0 Å². The number of rotatable bonds is 6. The maximum absolute atomic E-state index is 5.22. The zero-order chi connectivity index (χ0) is 37.9. The quantitative estimate of drug-likeness (QED) is 0.170. The molecule has 0 spiro atoms. The van der Waals surface area contributed by atoms with E-state index >= 15 is 0 Å². The molecule has 57 heavy (non-hydrogen) atoms. The maximum atomic E-state index is 5.22. The van der Waals surface area contributed by atoms with Crippen LogP contribution in [0.5, 0.6) is 0 Å². The van der Waals surface area contributed by atoms with Crippen molar-refractivity contribution in [3.8, 4) is 39.9 Å². The number of benzene rings is 7. The van der Waals surface area contributed by atoms with Crippen LogP contribution in [-0.4, -0.2) is 19.5 Å². The smallest absolute Gasteiger partial charge is 0.164 e. The lowest BCUT2D eigenvalue weighted by Crippen LogP contribution is -2.26. The Morgan fingerprint density at radius 3 is 1.70 bits per heavy atom. The van der Waals surface area contributed by atoms with E-state index in [1.54, 1.807) is 0 Å². The molecule has 3 heterocycles. The molecule has 270 valence electrons. The van der Waals surface area contributed by atoms with E-state index in [-0.39, 0.29) is 5.41 Å². The second-order valence-corrected chi connectivity index (χ2v) is 16.1. The molecule has 0 saturated carbocycles. The number of nitrogens with zero attached hydrogens (tertiary/aromatic N) is 4. The Balaban J connectivity index is 1.07. The molecule has 3 aromatic heterocycles. The average molecular weight is 749 g/mol. The standard InChI is InChI=1S/C52H36N4S/c1-52(39-21-9-4-10-22-39)33-38(34-16-5-2-6-17-34)31-44-43-29-28-37(32-47(43)57-48(44)52)51-54-49(35-18-7-3-8-19-35)53-50(55-51)36-20-15-23-40(30-36)56-45-26-13-11-24-41(45)42-25-12-14-27-46(42)56/h2-32H,33H2,1H3. The molecule has 0 radical (unpaired) electrons. The van der Waals surface area contributed by atoms with E-state index in [1.165, 1.54) is 59.0 Å². The summed E-state index contributed by atoms with van der Waals surface area (Å²) < 4.78 is 3.56. The van der Waals surface area contributed by atoms with Crippen LogP contribution in [-0.2, 0) is 5.41 Å². The van der Waals surface area contributed by atoms with Gasteiger partial charge in [0.05, 0.1) is 11.0 Å². The molecule has 11 rings (SSSR count). The zero-order valence-electron chi connectivity index (χ0n) is 31.3. The van der Waals surface area contributed by atoms with Crippen LogP contribution in [0.4, 0.5) is 0 Å². The highest BCUT2D eigenvalue weighted by molar-refractivity contribution is 7.19. The van der Waals surface area contributed by atoms with Crippen LogP contribution in [0.15, 0.2) is 182 Å². The average Bonchev–Trinajstić information content (AvgIpc) is 3.83. The Labute approximate surface area is 335 Å². The van der Waals surface area contributed by atoms with Crippen LogP contribution < -0.4 is 0 Å². The lowest BCUT2D eigenvalue weighted by molar-refractivity contribution is 0.597. The van der Waals surface area contributed by atoms with Gasteiger partial charge in [-0.25, -0.2) is 15.0 Å². The summed E-state index contributed by atoms with van der Waals surface area (Å²) in [4.78, 5) is 16.9. The van der Waals surface area contributed by atoms with Gasteiger partial charge in [-0.2, -0.15) is 0 Å². The van der Waals surface area contributed by atoms with Gasteiger partial charge in [0.25, 0.3) is 0 Å². The molecule has 0 fully saturated rings. The molecule has 0 N–H and O–H groups in total. The largest absolute Gasteiger partial charge is 0.309 e. The van der Waals surface area contributed by atoms with Crippen molar-refractivity contribution in [1.29, 1.82) is 0 Å². The van der Waals surface area contributed by atoms with Gasteiger partial charge in [-0.3, -0.25) is 0 Å². The monoisotopic (exact) mass is 748 g/mol. The summed E-state index contributed by atoms with van der Waals surface area (Å²) in [7, 11) is 0. The van der Waals surface area contributed by atoms with Gasteiger partial charge < -0.3 is 4.57 Å². The Bertz CT molecular complexity index is 3110. The fourth-order valence-electron chi connectivity index (χ4n) is 8.71. The number of allylic oxidation sites excluding steroid dienone is 1. The van der Waals surface area contributed by atoms with Gasteiger partial charge in [0.15, 0.2) is 17.5 Å². The summed E-state index contributed by atoms with van der Waals surface area (Å²) in [5, 5.41) is 3.72. The van der Waals surface area contributed by atoms with Gasteiger partial charge in [0.1, 0.15) is 0 Å². The number of para-hydroxylation sites is 2. The summed E-state index contributed by atoms with van der Waals surface area (Å²) in [5.41, 5.74) is 11.3. The molecule has 1 atom stereocenters. The van der Waals surface area contributed by atoms with Crippen molar-refractivity contribution in [3.05, 3.63) is 204 Å². The highest BCUT2D eigenvalue weighted by Crippen LogP contribution is 2.52. The topological polar surface area (TPSA) is 43.6 Å². The summed E-state index contributed by atoms with van der Waals surface area (Å²) >= 11 is 1.89. The van der Waals surface area contributed by atoms with E-state index in [9.17, 15) is 0 Å². The normalized spacial score (nSPS) is 15.2. The zero-order valence-corrected chi connectivity index (χ0v) is 32.1. The van der Waals surface area contributed by atoms with Crippen molar-refractivity contribution in [2.45, 2.75) is 18.8 Å². The maximum Gasteiger partial charge on any atom is 0.164 e. The minimum Gasteiger partial charge on any atom is -0.309 e. The Kier molecular flexibility index (Phi) is 7.83. The highest BCUT2D eigenvalue weighted by atomic mass is 32.1. The predicted octanol–water partition coefficient (Wildman–Crippen LogP) is 13.4. The molecule has 0 aliphatic heterocycles. The highest BCUT2D eigenvalue weighted by Gasteiger charge is 2.37. The van der Waals surface area contributed by atoms with Crippen LogP contribution in [0.1, 0.15) is 34.9 Å². The SMILES string of the molecule is CC1(c2ccccc2)CC(c2ccccc2)=Cc2c1sc1cc(-c3nc(-c4ccccc4)nc(-c4cccc(-n5c6ccccc6c6ccccc65)c4)n3)ccc21. The van der Waals surface area contributed by atoms with E-state index in [0.29, 0.717) is 17.5 Å². The first-order valence-electron chi connectivity index (χ1n) is 19.4. The van der Waals surface area contributed by atoms with Crippen molar-refractivity contribution < 1.29 is 0 Å². The van der Waals surface area contributed by atoms with Crippen LogP contribution in [0, 0.1) is 0 Å². The first-order valence-corrected chi connectivity index (χ1v) is 20.2. The van der Waals surface area contributed by atoms with Crippen molar-refractivity contribution >= 4 is 54.9 Å². The summed E-state index contributed by atoms with van der Waals surface area (Å²) in [6.45, 7) is 2.41. The molecule has 0 bridgehead atoms. The number of fused-ring (bicyclic) bond motifs is 6. The van der Waals surface area contributed by atoms with Crippen LogP contribution in [0.25, 0.3) is 83.4 Å². The number of thiophene rings is 1. The first kappa shape index (κ1) is 33.4. The number of hydrogen-bond acceptors (Lipinski definition) is 4. The van der Waals surface area contributed by atoms with Crippen molar-refractivity contribution in [2.75, 3.05) is 0 Å². The Hall–Kier alpha value is -6.95. The Morgan fingerprint density at radius 1 is 0.491 bits per heavy atom. The van der Waals surface area contributed by atoms with Crippen LogP contribution in [0.3, 0.4) is 0 Å². The molecule has 0 amide bonds. The molecule has 7 aromatic carbocycles. The summed E-state index contributed by atoms with van der Waals surface area (Å²) in [6.07, 6.45) is 3.35. The summed E-state index contributed by atoms with van der Waals surface area (Å²) in [6, 6.07) is 64.5. The second kappa shape index (κ2) is 13.4. The number of aromatic nitrogens is 4. The predicted molar refractivity (Wildman–Crippen MR) is 238 cm³/mol. The van der Waals surface area contributed by atoms with Gasteiger partial charge in [-0.05, 0) is 65.1 Å². The molecule has 5 heteroatoms. The molecular formula is C52H36N4S. The van der Waals surface area contributed by atoms with E-state index in [1.807, 2.05) is 29.5 Å². The van der Waals surface area contributed by atoms with Crippen molar-refractivity contribution in [1.82, 2.24) is 19.5 Å². The lowest BCUT2D eigenvalue weighted by atomic mass is 9.70. The third-order valence-corrected chi connectivity index (χ3v) is 12.9. The van der Waals surface area contributed by atoms with Crippen molar-refractivity contribution in [3.63, 3.8) is 0 Å². The third-order valence-electron chi connectivity index (χ3n) is 11.5. The minimum absolute atomic E-state index is 0.178. The Morgan fingerprint density at radius 2 is 1.04 bits per heavy atom. The molecule has 1 aliphatic rings. The van der Waals surface area contributed by atoms with E-state index in [0.717, 1.165) is 28.8 Å². The molecular weight excluding hydrogens is 713 g/mol. The van der Waals surface area contributed by atoms with Gasteiger partial charge in [0, 0.05) is 53.5 Å².